The molecule has 84 valence electrons. The summed E-state index contributed by atoms with van der Waals surface area (Å²) in [5.41, 5.74) is 0. The molecule has 2 saturated heterocycles. The highest BCUT2D eigenvalue weighted by Gasteiger charge is 2.41. The van der Waals surface area contributed by atoms with Crippen LogP contribution in [0.1, 0.15) is 12.8 Å². The Bertz CT molecular complexity index is 281. The van der Waals surface area contributed by atoms with E-state index in [1.54, 1.807) is 0 Å². The molecule has 0 aromatic heterocycles. The molecule has 2 rings (SSSR count). The lowest BCUT2D eigenvalue weighted by Gasteiger charge is -2.33. The van der Waals surface area contributed by atoms with E-state index in [-0.39, 0.29) is 30.6 Å². The fourth-order valence-corrected chi connectivity index (χ4v) is 2.09. The van der Waals surface area contributed by atoms with Crippen molar-refractivity contribution < 1.29 is 19.1 Å². The van der Waals surface area contributed by atoms with Gasteiger partial charge in [0, 0.05) is 0 Å². The average molecular weight is 214 g/mol. The molecule has 6 nitrogen and oxygen atoms in total. The second-order valence-corrected chi connectivity index (χ2v) is 3.74. The number of alkyl carbamates (subject to hydrolysis) is 1. The highest BCUT2D eigenvalue weighted by molar-refractivity contribution is 5.74. The molecule has 2 N–H and O–H groups in total. The number of hydrogen-bond acceptors (Lipinski definition) is 5. The lowest BCUT2D eigenvalue weighted by atomic mass is 9.99. The third kappa shape index (κ3) is 2.04. The number of esters is 1. The molecule has 6 heteroatoms. The van der Waals surface area contributed by atoms with Crippen molar-refractivity contribution in [3.05, 3.63) is 0 Å². The van der Waals surface area contributed by atoms with Crippen molar-refractivity contribution in [2.45, 2.75) is 31.0 Å². The van der Waals surface area contributed by atoms with Crippen LogP contribution in [0.4, 0.5) is 4.79 Å². The monoisotopic (exact) mass is 214 g/mol. The SMILES string of the molecule is COC(=O)CC1NC(=O)O[C@H]2CCN[C@@H]12. The van der Waals surface area contributed by atoms with Gasteiger partial charge in [-0.05, 0) is 13.0 Å². The second kappa shape index (κ2) is 4.06. The molecule has 1 amide bonds. The zero-order valence-corrected chi connectivity index (χ0v) is 8.49. The molecule has 3 atom stereocenters. The number of fused-ring (bicyclic) bond motifs is 1. The van der Waals surface area contributed by atoms with Crippen molar-refractivity contribution in [2.24, 2.45) is 0 Å². The van der Waals surface area contributed by atoms with Gasteiger partial charge in [0.2, 0.25) is 0 Å². The van der Waals surface area contributed by atoms with Crippen molar-refractivity contribution in [3.63, 3.8) is 0 Å². The number of rotatable bonds is 2. The summed E-state index contributed by atoms with van der Waals surface area (Å²) < 4.78 is 9.67. The van der Waals surface area contributed by atoms with Gasteiger partial charge in [-0.2, -0.15) is 0 Å². The number of ether oxygens (including phenoxy) is 2. The number of hydrogen-bond donors (Lipinski definition) is 2. The number of amides is 1. The smallest absolute Gasteiger partial charge is 0.407 e. The van der Waals surface area contributed by atoms with E-state index in [2.05, 4.69) is 15.4 Å². The van der Waals surface area contributed by atoms with Crippen molar-refractivity contribution in [3.8, 4) is 0 Å². The first-order chi connectivity index (χ1) is 7.20. The maximum atomic E-state index is 11.2. The summed E-state index contributed by atoms with van der Waals surface area (Å²) in [6.45, 7) is 0.808. The van der Waals surface area contributed by atoms with Crippen LogP contribution in [0.25, 0.3) is 0 Å². The zero-order chi connectivity index (χ0) is 10.8. The third-order valence-corrected chi connectivity index (χ3v) is 2.82. The number of carbonyl (C=O) groups is 2. The Morgan fingerprint density at radius 2 is 2.47 bits per heavy atom. The molecule has 0 aromatic carbocycles. The normalized spacial score (nSPS) is 33.9. The zero-order valence-electron chi connectivity index (χ0n) is 8.49. The van der Waals surface area contributed by atoms with E-state index in [1.807, 2.05) is 0 Å². The van der Waals surface area contributed by atoms with Crippen LogP contribution in [-0.4, -0.2) is 43.9 Å². The summed E-state index contributed by atoms with van der Waals surface area (Å²) >= 11 is 0. The maximum absolute atomic E-state index is 11.2. The minimum Gasteiger partial charge on any atom is -0.469 e. The van der Waals surface area contributed by atoms with E-state index in [9.17, 15) is 9.59 Å². The average Bonchev–Trinajstić information content (AvgIpc) is 2.65. The van der Waals surface area contributed by atoms with Crippen LogP contribution in [0.2, 0.25) is 0 Å². The minimum absolute atomic E-state index is 0.0156. The third-order valence-electron chi connectivity index (χ3n) is 2.82. The Morgan fingerprint density at radius 1 is 1.67 bits per heavy atom. The van der Waals surface area contributed by atoms with Crippen LogP contribution < -0.4 is 10.6 Å². The molecule has 0 bridgehead atoms. The van der Waals surface area contributed by atoms with Crippen LogP contribution in [0.3, 0.4) is 0 Å². The van der Waals surface area contributed by atoms with Gasteiger partial charge >= 0.3 is 12.1 Å². The molecule has 0 aromatic rings. The first-order valence-electron chi connectivity index (χ1n) is 4.98. The van der Waals surface area contributed by atoms with Gasteiger partial charge < -0.3 is 20.1 Å². The number of methoxy groups -OCH3 is 1. The Balaban J connectivity index is 2.01. The molecule has 2 fully saturated rings. The quantitative estimate of drug-likeness (QED) is 0.599. The molecule has 15 heavy (non-hydrogen) atoms. The van der Waals surface area contributed by atoms with E-state index in [4.69, 9.17) is 4.74 Å². The molecular weight excluding hydrogens is 200 g/mol. The lowest BCUT2D eigenvalue weighted by molar-refractivity contribution is -0.141. The summed E-state index contributed by atoms with van der Waals surface area (Å²) in [7, 11) is 1.34. The highest BCUT2D eigenvalue weighted by Crippen LogP contribution is 2.20. The second-order valence-electron chi connectivity index (χ2n) is 3.74. The van der Waals surface area contributed by atoms with Crippen LogP contribution in [0.15, 0.2) is 0 Å². The topological polar surface area (TPSA) is 76.7 Å². The summed E-state index contributed by atoms with van der Waals surface area (Å²) in [6.07, 6.45) is 0.414. The predicted octanol–water partition coefficient (Wildman–Crippen LogP) is -0.612. The van der Waals surface area contributed by atoms with Gasteiger partial charge in [-0.3, -0.25) is 4.79 Å². The molecule has 1 unspecified atom stereocenters. The van der Waals surface area contributed by atoms with E-state index in [0.717, 1.165) is 13.0 Å². The van der Waals surface area contributed by atoms with Crippen molar-refractivity contribution in [1.82, 2.24) is 10.6 Å². The molecule has 0 spiro atoms. The molecular formula is C9H14N2O4. The predicted molar refractivity (Wildman–Crippen MR) is 50.2 cm³/mol. The Hall–Kier alpha value is -1.30. The Kier molecular flexibility index (Phi) is 2.77. The molecule has 0 radical (unpaired) electrons. The molecule has 2 heterocycles. The Labute approximate surface area is 87.3 Å². The van der Waals surface area contributed by atoms with Crippen molar-refractivity contribution in [1.29, 1.82) is 0 Å². The van der Waals surface area contributed by atoms with E-state index >= 15 is 0 Å². The van der Waals surface area contributed by atoms with Crippen molar-refractivity contribution in [2.75, 3.05) is 13.7 Å². The van der Waals surface area contributed by atoms with E-state index in [0.29, 0.717) is 0 Å². The molecule has 0 saturated carbocycles. The van der Waals surface area contributed by atoms with Crippen LogP contribution in [0.5, 0.6) is 0 Å². The van der Waals surface area contributed by atoms with Gasteiger partial charge in [0.25, 0.3) is 0 Å². The van der Waals surface area contributed by atoms with E-state index < -0.39 is 6.09 Å². The molecule has 0 aliphatic carbocycles. The number of carbonyl (C=O) groups excluding carboxylic acids is 2. The fourth-order valence-electron chi connectivity index (χ4n) is 2.09. The van der Waals surface area contributed by atoms with E-state index in [1.165, 1.54) is 7.11 Å². The number of nitrogens with one attached hydrogen (secondary N) is 2. The van der Waals surface area contributed by atoms with Gasteiger partial charge in [-0.25, -0.2) is 4.79 Å². The summed E-state index contributed by atoms with van der Waals surface area (Å²) in [5, 5.41) is 5.84. The first-order valence-corrected chi connectivity index (χ1v) is 4.98. The van der Waals surface area contributed by atoms with Gasteiger partial charge in [0.05, 0.1) is 25.6 Å². The van der Waals surface area contributed by atoms with Crippen LogP contribution >= 0.6 is 0 Å². The Morgan fingerprint density at radius 3 is 3.20 bits per heavy atom. The fraction of sp³-hybridized carbons (Fsp3) is 0.778. The summed E-state index contributed by atoms with van der Waals surface area (Å²) in [6, 6.07) is -0.215. The molecule has 2 aliphatic rings. The summed E-state index contributed by atoms with van der Waals surface area (Å²) in [4.78, 5) is 22.3. The van der Waals surface area contributed by atoms with Crippen LogP contribution in [0, 0.1) is 0 Å². The van der Waals surface area contributed by atoms with Gasteiger partial charge in [0.1, 0.15) is 6.10 Å². The van der Waals surface area contributed by atoms with Gasteiger partial charge in [0.15, 0.2) is 0 Å². The first kappa shape index (κ1) is 10.2. The lowest BCUT2D eigenvalue weighted by Crippen LogP contribution is -2.58. The minimum atomic E-state index is -0.450. The summed E-state index contributed by atoms with van der Waals surface area (Å²) in [5.74, 6) is -0.324. The molecule has 2 aliphatic heterocycles. The standard InChI is InChI=1S/C9H14N2O4/c1-14-7(12)4-5-8-6(2-3-10-8)15-9(13)11-5/h5-6,8,10H,2-4H2,1H3,(H,11,13)/t5?,6-,8-/m0/s1. The maximum Gasteiger partial charge on any atom is 0.407 e. The highest BCUT2D eigenvalue weighted by atomic mass is 16.6. The van der Waals surface area contributed by atoms with Crippen molar-refractivity contribution >= 4 is 12.1 Å². The van der Waals surface area contributed by atoms with Gasteiger partial charge in [-0.15, -0.1) is 0 Å². The largest absolute Gasteiger partial charge is 0.469 e. The van der Waals surface area contributed by atoms with Crippen LogP contribution in [-0.2, 0) is 14.3 Å². The van der Waals surface area contributed by atoms with Gasteiger partial charge in [-0.1, -0.05) is 0 Å².